The molecule has 2 saturated heterocycles. The molecule has 3 unspecified atom stereocenters. The number of fused-ring (bicyclic) bond motifs is 3. The Kier molecular flexibility index (Phi) is 4.91. The van der Waals surface area contributed by atoms with Crippen molar-refractivity contribution in [3.63, 3.8) is 0 Å². The van der Waals surface area contributed by atoms with E-state index < -0.39 is 6.10 Å². The first-order valence-corrected chi connectivity index (χ1v) is 12.1. The van der Waals surface area contributed by atoms with Gasteiger partial charge in [-0.1, -0.05) is 0 Å². The molecule has 2 fully saturated rings. The summed E-state index contributed by atoms with van der Waals surface area (Å²) in [6.45, 7) is 6.00. The number of rotatable bonds is 3. The van der Waals surface area contributed by atoms with Crippen molar-refractivity contribution >= 4 is 16.9 Å². The number of piperidine rings is 2. The molecule has 3 aromatic rings. The lowest BCUT2D eigenvalue weighted by Gasteiger charge is -2.56. The lowest BCUT2D eigenvalue weighted by Crippen LogP contribution is -2.64. The van der Waals surface area contributed by atoms with Gasteiger partial charge in [0.2, 0.25) is 0 Å². The third kappa shape index (κ3) is 3.24. The molecule has 0 amide bonds. The maximum absolute atomic E-state index is 13.4. The Bertz CT molecular complexity index is 1210. The number of carbonyl (C=O) groups excluding carboxylic acids is 1. The first-order valence-electron chi connectivity index (χ1n) is 12.1. The minimum atomic E-state index is -0.483. The molecule has 0 aliphatic carbocycles. The van der Waals surface area contributed by atoms with Gasteiger partial charge in [-0.25, -0.2) is 4.79 Å². The van der Waals surface area contributed by atoms with Crippen LogP contribution in [0.2, 0.25) is 0 Å². The molecule has 1 aromatic carbocycles. The number of carbonyl (C=O) groups is 1. The second kappa shape index (κ2) is 7.83. The first-order chi connectivity index (χ1) is 16.1. The molecule has 3 aliphatic rings. The van der Waals surface area contributed by atoms with E-state index in [0.717, 1.165) is 53.8 Å². The molecular weight excluding hydrogens is 416 g/mol. The highest BCUT2D eigenvalue weighted by molar-refractivity contribution is 6.07. The topological polar surface area (TPSA) is 80.3 Å². The summed E-state index contributed by atoms with van der Waals surface area (Å²) in [5.41, 5.74) is 3.98. The maximum atomic E-state index is 13.4. The molecule has 0 radical (unpaired) electrons. The molecular formula is C26H30N4O3. The predicted octanol–water partition coefficient (Wildman–Crippen LogP) is 4.71. The van der Waals surface area contributed by atoms with Crippen molar-refractivity contribution in [3.05, 3.63) is 53.2 Å². The van der Waals surface area contributed by atoms with E-state index in [-0.39, 0.29) is 11.7 Å². The Balaban J connectivity index is 1.39. The van der Waals surface area contributed by atoms with Crippen molar-refractivity contribution in [1.29, 1.82) is 0 Å². The Labute approximate surface area is 193 Å². The minimum absolute atomic E-state index is 0.177. The summed E-state index contributed by atoms with van der Waals surface area (Å²) in [6.07, 6.45) is 11.2. The van der Waals surface area contributed by atoms with Crippen LogP contribution in [-0.2, 0) is 11.2 Å². The number of esters is 1. The molecule has 1 spiro atoms. The van der Waals surface area contributed by atoms with E-state index in [9.17, 15) is 4.79 Å². The smallest absolute Gasteiger partial charge is 0.341 e. The Morgan fingerprint density at radius 1 is 1.27 bits per heavy atom. The second-order valence-electron chi connectivity index (χ2n) is 9.70. The van der Waals surface area contributed by atoms with Gasteiger partial charge in [-0.05, 0) is 58.1 Å². The second-order valence-corrected chi connectivity index (χ2v) is 9.70. The highest BCUT2D eigenvalue weighted by Crippen LogP contribution is 2.50. The van der Waals surface area contributed by atoms with Crippen LogP contribution < -0.4 is 4.74 Å². The molecule has 7 nitrogen and oxygen atoms in total. The fourth-order valence-corrected chi connectivity index (χ4v) is 6.27. The average molecular weight is 447 g/mol. The highest BCUT2D eigenvalue weighted by atomic mass is 16.5. The van der Waals surface area contributed by atoms with Gasteiger partial charge in [0, 0.05) is 60.0 Å². The third-order valence-electron chi connectivity index (χ3n) is 7.81. The van der Waals surface area contributed by atoms with Crippen molar-refractivity contribution in [2.45, 2.75) is 64.2 Å². The van der Waals surface area contributed by atoms with Gasteiger partial charge in [0.15, 0.2) is 5.72 Å². The molecule has 33 heavy (non-hydrogen) atoms. The van der Waals surface area contributed by atoms with Crippen LogP contribution in [0.15, 0.2) is 30.7 Å². The number of hydrogen-bond acceptors (Lipinski definition) is 6. The van der Waals surface area contributed by atoms with Crippen LogP contribution in [0, 0.1) is 12.8 Å². The maximum Gasteiger partial charge on any atom is 0.341 e. The van der Waals surface area contributed by atoms with Crippen LogP contribution in [0.3, 0.4) is 0 Å². The van der Waals surface area contributed by atoms with Gasteiger partial charge in [-0.15, -0.1) is 0 Å². The Morgan fingerprint density at radius 3 is 3.00 bits per heavy atom. The number of aromatic amines is 1. The van der Waals surface area contributed by atoms with Gasteiger partial charge in [0.1, 0.15) is 11.9 Å². The number of H-pyrrole nitrogens is 1. The number of ether oxygens (including phenoxy) is 2. The molecule has 0 bridgehead atoms. The number of hydrogen-bond donors (Lipinski definition) is 1. The number of benzene rings is 1. The standard InChI is InChI=1S/C26H30N4O3/c1-16-23(25(31)32-17(2)21-15-27-10-11-28-21)24-19-14-18-6-5-13-30-12-4-3-9-26(18,30)33-22(19)8-7-20(24)29-16/h7-8,10-11,15,17-18,29H,3-6,9,12-14H2,1-2H3. The Hall–Kier alpha value is -2.93. The van der Waals surface area contributed by atoms with Gasteiger partial charge in [-0.3, -0.25) is 14.9 Å². The van der Waals surface area contributed by atoms with E-state index in [0.29, 0.717) is 17.2 Å². The van der Waals surface area contributed by atoms with Gasteiger partial charge in [-0.2, -0.15) is 0 Å². The molecule has 5 heterocycles. The van der Waals surface area contributed by atoms with Crippen LogP contribution >= 0.6 is 0 Å². The number of aromatic nitrogens is 3. The number of aryl methyl sites for hydroxylation is 1. The summed E-state index contributed by atoms with van der Waals surface area (Å²) in [5.74, 6) is 1.03. The van der Waals surface area contributed by atoms with E-state index in [1.54, 1.807) is 18.6 Å². The SMILES string of the molecule is Cc1[nH]c2ccc3c(c2c1C(=O)OC(C)c1cnccn1)CC1CCCN2CCCCC12O3. The van der Waals surface area contributed by atoms with Crippen molar-refractivity contribution in [3.8, 4) is 5.75 Å². The lowest BCUT2D eigenvalue weighted by atomic mass is 9.74. The minimum Gasteiger partial charge on any atom is -0.472 e. The number of nitrogens with one attached hydrogen (secondary N) is 1. The van der Waals surface area contributed by atoms with E-state index in [2.05, 4.69) is 25.9 Å². The van der Waals surface area contributed by atoms with Crippen molar-refractivity contribution in [2.24, 2.45) is 5.92 Å². The van der Waals surface area contributed by atoms with Gasteiger partial charge in [0.25, 0.3) is 0 Å². The van der Waals surface area contributed by atoms with Crippen molar-refractivity contribution in [2.75, 3.05) is 13.1 Å². The Morgan fingerprint density at radius 2 is 2.15 bits per heavy atom. The summed E-state index contributed by atoms with van der Waals surface area (Å²) >= 11 is 0. The first kappa shape index (κ1) is 20.7. The summed E-state index contributed by atoms with van der Waals surface area (Å²) in [4.78, 5) is 27.7. The summed E-state index contributed by atoms with van der Waals surface area (Å²) in [6, 6.07) is 4.12. The molecule has 7 heteroatoms. The zero-order valence-corrected chi connectivity index (χ0v) is 19.3. The van der Waals surface area contributed by atoms with E-state index in [1.807, 2.05) is 19.9 Å². The lowest BCUT2D eigenvalue weighted by molar-refractivity contribution is -0.177. The summed E-state index contributed by atoms with van der Waals surface area (Å²) < 4.78 is 12.7. The zero-order chi connectivity index (χ0) is 22.6. The van der Waals surface area contributed by atoms with Crippen LogP contribution in [-0.4, -0.2) is 44.6 Å². The van der Waals surface area contributed by atoms with E-state index >= 15 is 0 Å². The monoisotopic (exact) mass is 446 g/mol. The van der Waals surface area contributed by atoms with Crippen molar-refractivity contribution in [1.82, 2.24) is 19.9 Å². The van der Waals surface area contributed by atoms with Gasteiger partial charge >= 0.3 is 5.97 Å². The largest absolute Gasteiger partial charge is 0.472 e. The quantitative estimate of drug-likeness (QED) is 0.587. The molecule has 172 valence electrons. The van der Waals surface area contributed by atoms with Crippen LogP contribution in [0.25, 0.3) is 10.9 Å². The fourth-order valence-electron chi connectivity index (χ4n) is 6.27. The third-order valence-corrected chi connectivity index (χ3v) is 7.81. The van der Waals surface area contributed by atoms with E-state index in [4.69, 9.17) is 9.47 Å². The molecule has 3 atom stereocenters. The van der Waals surface area contributed by atoms with Crippen molar-refractivity contribution < 1.29 is 14.3 Å². The predicted molar refractivity (Wildman–Crippen MR) is 124 cm³/mol. The van der Waals surface area contributed by atoms with Crippen LogP contribution in [0.4, 0.5) is 0 Å². The van der Waals surface area contributed by atoms with Crippen LogP contribution in [0.5, 0.6) is 5.75 Å². The average Bonchev–Trinajstić information content (AvgIpc) is 3.18. The van der Waals surface area contributed by atoms with Crippen LogP contribution in [0.1, 0.15) is 72.4 Å². The molecule has 6 rings (SSSR count). The number of nitrogens with zero attached hydrogens (tertiary/aromatic N) is 3. The highest BCUT2D eigenvalue weighted by Gasteiger charge is 2.52. The van der Waals surface area contributed by atoms with Gasteiger partial charge in [0.05, 0.1) is 17.5 Å². The van der Waals surface area contributed by atoms with Gasteiger partial charge < -0.3 is 14.5 Å². The fraction of sp³-hybridized carbons (Fsp3) is 0.500. The normalized spacial score (nSPS) is 25.5. The molecule has 2 aromatic heterocycles. The summed E-state index contributed by atoms with van der Waals surface area (Å²) in [5, 5.41) is 0.948. The molecule has 1 N–H and O–H groups in total. The van der Waals surface area contributed by atoms with E-state index in [1.165, 1.54) is 25.7 Å². The molecule has 3 aliphatic heterocycles. The zero-order valence-electron chi connectivity index (χ0n) is 19.3. The summed E-state index contributed by atoms with van der Waals surface area (Å²) in [7, 11) is 0. The molecule has 0 saturated carbocycles.